The zero-order valence-corrected chi connectivity index (χ0v) is 51.4. The summed E-state index contributed by atoms with van der Waals surface area (Å²) >= 11 is 2.19. The summed E-state index contributed by atoms with van der Waals surface area (Å²) in [6, 6.07) is 45.3. The third-order valence-corrected chi connectivity index (χ3v) is 15.6. The highest BCUT2D eigenvalue weighted by Gasteiger charge is 2.30. The Hall–Kier alpha value is -5.93. The van der Waals surface area contributed by atoms with E-state index < -0.39 is 46.6 Å². The summed E-state index contributed by atoms with van der Waals surface area (Å²) in [5.41, 5.74) is 4.86. The van der Waals surface area contributed by atoms with E-state index in [9.17, 15) is 37.2 Å². The summed E-state index contributed by atoms with van der Waals surface area (Å²) in [4.78, 5) is 35.9. The van der Waals surface area contributed by atoms with Crippen LogP contribution in [-0.4, -0.2) is 91.7 Å². The molecule has 0 aliphatic carbocycles. The minimum absolute atomic E-state index is 0.0500. The van der Waals surface area contributed by atoms with Crippen molar-refractivity contribution in [2.24, 2.45) is 0 Å². The molecule has 0 bridgehead atoms. The second-order valence-electron chi connectivity index (χ2n) is 17.7. The van der Waals surface area contributed by atoms with Crippen molar-refractivity contribution < 1.29 is 74.1 Å². The van der Waals surface area contributed by atoms with E-state index in [2.05, 4.69) is 38.5 Å². The standard InChI is InChI=1S/C21H27FNO5P.C17H17FINO2.C17H18FNO3.C6H15O3P/c1-3-27-29(25,28-4-2)16-20(14-18-11-8-12-19(22)13-18)23-21(24)26-15-17-9-6-5-7-10-17;18-15-8-4-7-14(9-15)10-16(11-19)20-17(21)22-12-13-5-2-1-3-6-13;18-15-8-4-7-14(9-15)10-16(11-20)19-17(21)22-12-13-5-2-1-3-6-13;1-4-7-10(8-5-2)9-6-3/h5-13,20H,3-4,14-16H2,1-2H3,(H,23,24);1-9,16H,10-12H2,(H,20,21);1-9,16,20H,10-12H2,(H,19,21);4-6H2,1-3H3/t20-;2*16-;/m111./s1. The maximum Gasteiger partial charge on any atom is 0.407 e. The van der Waals surface area contributed by atoms with Crippen LogP contribution in [-0.2, 0) is 80.5 Å². The molecular weight excluding hydrogens is 1230 g/mol. The first-order valence-corrected chi connectivity index (χ1v) is 31.4. The van der Waals surface area contributed by atoms with Crippen LogP contribution in [0.3, 0.4) is 0 Å². The van der Waals surface area contributed by atoms with E-state index in [0.29, 0.717) is 48.2 Å². The van der Waals surface area contributed by atoms with Gasteiger partial charge in [-0.3, -0.25) is 4.57 Å². The Labute approximate surface area is 501 Å². The predicted octanol–water partition coefficient (Wildman–Crippen LogP) is 14.0. The van der Waals surface area contributed by atoms with Gasteiger partial charge in [0.05, 0.1) is 51.8 Å². The summed E-state index contributed by atoms with van der Waals surface area (Å²) in [5.74, 6) is -0.997. The molecule has 0 aromatic heterocycles. The molecule has 3 atom stereocenters. The monoisotopic (exact) mass is 1310 g/mol. The smallest absolute Gasteiger partial charge is 0.407 e. The molecule has 3 amide bonds. The lowest BCUT2D eigenvalue weighted by atomic mass is 10.1. The Morgan fingerprint density at radius 1 is 0.470 bits per heavy atom. The van der Waals surface area contributed by atoms with Crippen LogP contribution in [0.1, 0.15) is 68.0 Å². The molecular formula is C61H77F3IN3O13P2. The molecule has 452 valence electrons. The molecule has 16 nitrogen and oxygen atoms in total. The topological polar surface area (TPSA) is 198 Å². The van der Waals surface area contributed by atoms with Crippen LogP contribution in [0.15, 0.2) is 164 Å². The van der Waals surface area contributed by atoms with Crippen molar-refractivity contribution in [3.63, 3.8) is 0 Å². The van der Waals surface area contributed by atoms with Crippen LogP contribution in [0.25, 0.3) is 0 Å². The molecule has 6 aromatic rings. The fourth-order valence-electron chi connectivity index (χ4n) is 7.34. The number of halogens is 4. The molecule has 83 heavy (non-hydrogen) atoms. The number of alkyl carbamates (subject to hydrolysis) is 3. The minimum atomic E-state index is -3.42. The quantitative estimate of drug-likeness (QED) is 0.0150. The number of ether oxygens (including phenoxy) is 3. The molecule has 0 saturated heterocycles. The van der Waals surface area contributed by atoms with Gasteiger partial charge in [0.15, 0.2) is 0 Å². The van der Waals surface area contributed by atoms with Crippen molar-refractivity contribution in [1.29, 1.82) is 0 Å². The lowest BCUT2D eigenvalue weighted by Gasteiger charge is -2.24. The minimum Gasteiger partial charge on any atom is -0.445 e. The van der Waals surface area contributed by atoms with E-state index in [1.54, 1.807) is 44.2 Å². The predicted molar refractivity (Wildman–Crippen MR) is 324 cm³/mol. The van der Waals surface area contributed by atoms with E-state index in [1.165, 1.54) is 36.4 Å². The van der Waals surface area contributed by atoms with Gasteiger partial charge in [0.25, 0.3) is 0 Å². The van der Waals surface area contributed by atoms with E-state index in [1.807, 2.05) is 118 Å². The zero-order valence-electron chi connectivity index (χ0n) is 47.5. The Bertz CT molecular complexity index is 2640. The Kier molecular flexibility index (Phi) is 36.8. The second kappa shape index (κ2) is 42.8. The summed E-state index contributed by atoms with van der Waals surface area (Å²) in [5, 5.41) is 17.4. The number of nitrogens with one attached hydrogen (secondary N) is 3. The Morgan fingerprint density at radius 2 is 0.783 bits per heavy atom. The van der Waals surface area contributed by atoms with Gasteiger partial charge in [0.1, 0.15) is 37.3 Å². The second-order valence-corrected chi connectivity index (χ2v) is 21.9. The lowest BCUT2D eigenvalue weighted by molar-refractivity contribution is 0.129. The average molecular weight is 1310 g/mol. The molecule has 0 spiro atoms. The lowest BCUT2D eigenvalue weighted by Crippen LogP contribution is -2.39. The number of benzene rings is 6. The first kappa shape index (κ1) is 71.3. The fraction of sp³-hybridized carbons (Fsp3) is 0.361. The largest absolute Gasteiger partial charge is 0.445 e. The number of aliphatic hydroxyl groups is 1. The number of hydrogen-bond donors (Lipinski definition) is 4. The van der Waals surface area contributed by atoms with Gasteiger partial charge >= 0.3 is 34.5 Å². The van der Waals surface area contributed by atoms with E-state index in [0.717, 1.165) is 22.3 Å². The van der Waals surface area contributed by atoms with Crippen molar-refractivity contribution >= 4 is 57.1 Å². The molecule has 0 fully saturated rings. The Morgan fingerprint density at radius 3 is 1.10 bits per heavy atom. The average Bonchev–Trinajstić information content (AvgIpc) is 3.49. The number of carbonyl (C=O) groups is 3. The van der Waals surface area contributed by atoms with Gasteiger partial charge in [-0.05, 0) is 124 Å². The number of carbonyl (C=O) groups excluding carboxylic acids is 3. The van der Waals surface area contributed by atoms with Crippen LogP contribution in [0.2, 0.25) is 0 Å². The van der Waals surface area contributed by atoms with Crippen LogP contribution >= 0.6 is 38.8 Å². The van der Waals surface area contributed by atoms with E-state index >= 15 is 0 Å². The Balaban J connectivity index is 0.000000305. The van der Waals surface area contributed by atoms with Crippen LogP contribution in [0.5, 0.6) is 0 Å². The molecule has 0 saturated carbocycles. The maximum atomic E-state index is 13.6. The van der Waals surface area contributed by atoms with Gasteiger partial charge in [0.2, 0.25) is 0 Å². The van der Waals surface area contributed by atoms with Crippen LogP contribution < -0.4 is 16.0 Å². The highest BCUT2D eigenvalue weighted by atomic mass is 127. The maximum absolute atomic E-state index is 13.6. The number of aliphatic hydroxyl groups excluding tert-OH is 1. The van der Waals surface area contributed by atoms with Gasteiger partial charge in [-0.1, -0.05) is 150 Å². The molecule has 0 unspecified atom stereocenters. The molecule has 6 rings (SSSR count). The highest BCUT2D eigenvalue weighted by Crippen LogP contribution is 2.48. The van der Waals surface area contributed by atoms with E-state index in [4.69, 9.17) is 36.8 Å². The number of rotatable bonds is 29. The molecule has 4 N–H and O–H groups in total. The molecule has 0 aliphatic rings. The van der Waals surface area contributed by atoms with Gasteiger partial charge in [0, 0.05) is 16.5 Å². The molecule has 0 aliphatic heterocycles. The molecule has 6 aromatic carbocycles. The van der Waals surface area contributed by atoms with Crippen LogP contribution in [0, 0.1) is 17.5 Å². The first-order valence-electron chi connectivity index (χ1n) is 27.0. The summed E-state index contributed by atoms with van der Waals surface area (Å²) in [6.45, 7) is 11.8. The van der Waals surface area contributed by atoms with E-state index in [-0.39, 0.29) is 75.7 Å². The third-order valence-electron chi connectivity index (χ3n) is 10.9. The number of hydrogen-bond acceptors (Lipinski definition) is 13. The SMILES string of the molecule is CCOP(=O)(C[C@@H](Cc1cccc(F)c1)NC(=O)OCc1ccccc1)OCC.CCOP(OCC)OCC.O=C(N[C@@H](CI)Cc1cccc(F)c1)OCc1ccccc1.O=C(N[C@@H](CO)Cc1cccc(F)c1)OCc1ccccc1. The summed E-state index contributed by atoms with van der Waals surface area (Å²) in [6.07, 6.45) is -0.625. The fourth-order valence-corrected chi connectivity index (χ4v) is 10.6. The van der Waals surface area contributed by atoms with Gasteiger partial charge in [-0.15, -0.1) is 0 Å². The van der Waals surface area contributed by atoms with Crippen molar-refractivity contribution in [2.45, 2.75) is 91.8 Å². The van der Waals surface area contributed by atoms with Crippen molar-refractivity contribution in [3.05, 3.63) is 215 Å². The summed E-state index contributed by atoms with van der Waals surface area (Å²) in [7, 11) is -4.48. The first-order chi connectivity index (χ1) is 40.1. The van der Waals surface area contributed by atoms with Crippen LogP contribution in [0.4, 0.5) is 27.6 Å². The van der Waals surface area contributed by atoms with Crippen molar-refractivity contribution in [1.82, 2.24) is 16.0 Å². The number of alkyl halides is 1. The molecule has 0 radical (unpaired) electrons. The summed E-state index contributed by atoms with van der Waals surface area (Å²) < 4.78 is 95.1. The molecule has 22 heteroatoms. The highest BCUT2D eigenvalue weighted by molar-refractivity contribution is 14.1. The van der Waals surface area contributed by atoms with Crippen molar-refractivity contribution in [3.8, 4) is 0 Å². The zero-order chi connectivity index (χ0) is 60.5. The third kappa shape index (κ3) is 32.6. The van der Waals surface area contributed by atoms with Gasteiger partial charge in [-0.2, -0.15) is 0 Å². The molecule has 0 heterocycles. The van der Waals surface area contributed by atoms with Gasteiger partial charge < -0.3 is 57.9 Å². The normalized spacial score (nSPS) is 11.8. The number of amides is 3. The van der Waals surface area contributed by atoms with Crippen molar-refractivity contribution in [2.75, 3.05) is 50.2 Å². The van der Waals surface area contributed by atoms with Gasteiger partial charge in [-0.25, -0.2) is 27.6 Å².